The smallest absolute Gasteiger partial charge is 0.334 e. The summed E-state index contributed by atoms with van der Waals surface area (Å²) < 4.78 is 5.87. The molecular weight excluding hydrogens is 406 g/mol. The molecule has 3 nitrogen and oxygen atoms in total. The van der Waals surface area contributed by atoms with Crippen molar-refractivity contribution in [3.63, 3.8) is 0 Å². The first-order valence-corrected chi connectivity index (χ1v) is 11.4. The van der Waals surface area contributed by atoms with Crippen LogP contribution in [0.15, 0.2) is 102 Å². The molecule has 0 radical (unpaired) electrons. The second-order valence-electron chi connectivity index (χ2n) is 9.40. The average Bonchev–Trinajstić information content (AvgIpc) is 2.81. The summed E-state index contributed by atoms with van der Waals surface area (Å²) in [6.45, 7) is 9.53. The van der Waals surface area contributed by atoms with Gasteiger partial charge in [-0.2, -0.15) is 0 Å². The van der Waals surface area contributed by atoms with Gasteiger partial charge in [0.2, 0.25) is 0 Å². The number of hydrogen-bond acceptors (Lipinski definition) is 3. The molecule has 0 aliphatic heterocycles. The first kappa shape index (κ1) is 24.2. The minimum atomic E-state index is -1.13. The quantitative estimate of drug-likeness (QED) is 0.294. The standard InChI is InChI=1S/C30H33NO2/c1-23(21-22-24-15-9-6-10-16-24)30(5,28(32)33-29(2,3)4)31-27(25-17-11-7-12-18-25)26-19-13-8-14-20-26/h6-23H,1-5H3/b22-21+/t23-,30+/m1/s1. The van der Waals surface area contributed by atoms with E-state index in [9.17, 15) is 4.79 Å². The monoisotopic (exact) mass is 439 g/mol. The van der Waals surface area contributed by atoms with Crippen molar-refractivity contribution < 1.29 is 9.53 Å². The lowest BCUT2D eigenvalue weighted by Crippen LogP contribution is -2.45. The van der Waals surface area contributed by atoms with Gasteiger partial charge in [0.25, 0.3) is 0 Å². The van der Waals surface area contributed by atoms with E-state index in [-0.39, 0.29) is 11.9 Å². The van der Waals surface area contributed by atoms with Crippen LogP contribution >= 0.6 is 0 Å². The lowest BCUT2D eigenvalue weighted by Gasteiger charge is -2.32. The molecule has 0 fully saturated rings. The van der Waals surface area contributed by atoms with E-state index in [1.165, 1.54) is 0 Å². The topological polar surface area (TPSA) is 38.7 Å². The molecule has 0 heterocycles. The Labute approximate surface area is 197 Å². The molecule has 0 amide bonds. The first-order chi connectivity index (χ1) is 15.7. The average molecular weight is 440 g/mol. The zero-order chi connectivity index (χ0) is 23.9. The summed E-state index contributed by atoms with van der Waals surface area (Å²) in [5, 5.41) is 0. The lowest BCUT2D eigenvalue weighted by atomic mass is 9.85. The molecule has 3 aromatic rings. The third kappa shape index (κ3) is 6.52. The third-order valence-electron chi connectivity index (χ3n) is 5.51. The van der Waals surface area contributed by atoms with Crippen LogP contribution in [0.25, 0.3) is 6.08 Å². The van der Waals surface area contributed by atoms with Crippen LogP contribution in [-0.2, 0) is 9.53 Å². The maximum absolute atomic E-state index is 13.6. The number of esters is 1. The van der Waals surface area contributed by atoms with Gasteiger partial charge in [-0.3, -0.25) is 4.99 Å². The van der Waals surface area contributed by atoms with Gasteiger partial charge in [-0.25, -0.2) is 4.79 Å². The maximum atomic E-state index is 13.6. The Morgan fingerprint density at radius 1 is 0.788 bits per heavy atom. The van der Waals surface area contributed by atoms with Crippen molar-refractivity contribution in [1.29, 1.82) is 0 Å². The van der Waals surface area contributed by atoms with E-state index in [0.717, 1.165) is 22.4 Å². The summed E-state index contributed by atoms with van der Waals surface area (Å²) in [5.74, 6) is -0.556. The number of benzene rings is 3. The van der Waals surface area contributed by atoms with Crippen LogP contribution in [0, 0.1) is 5.92 Å². The molecule has 0 aliphatic carbocycles. The van der Waals surface area contributed by atoms with Gasteiger partial charge < -0.3 is 4.74 Å². The van der Waals surface area contributed by atoms with Crippen molar-refractivity contribution in [3.8, 4) is 0 Å². The van der Waals surface area contributed by atoms with Crippen molar-refractivity contribution in [1.82, 2.24) is 0 Å². The highest BCUT2D eigenvalue weighted by molar-refractivity contribution is 6.13. The Kier molecular flexibility index (Phi) is 7.65. The summed E-state index contributed by atoms with van der Waals surface area (Å²) in [6, 6.07) is 30.0. The molecule has 0 bridgehead atoms. The number of rotatable bonds is 7. The van der Waals surface area contributed by atoms with Gasteiger partial charge in [0.05, 0.1) is 5.71 Å². The van der Waals surface area contributed by atoms with Gasteiger partial charge in [-0.05, 0) is 33.3 Å². The van der Waals surface area contributed by atoms with Crippen LogP contribution in [0.1, 0.15) is 51.3 Å². The van der Waals surface area contributed by atoms with Crippen molar-refractivity contribution >= 4 is 17.8 Å². The fraction of sp³-hybridized carbons (Fsp3) is 0.267. The molecule has 3 heteroatoms. The van der Waals surface area contributed by atoms with E-state index in [1.807, 2.05) is 138 Å². The fourth-order valence-corrected chi connectivity index (χ4v) is 3.44. The number of carbonyl (C=O) groups excluding carboxylic acids is 1. The lowest BCUT2D eigenvalue weighted by molar-refractivity contribution is -0.162. The number of carbonyl (C=O) groups is 1. The molecule has 3 aromatic carbocycles. The van der Waals surface area contributed by atoms with Gasteiger partial charge in [0.1, 0.15) is 5.60 Å². The Hall–Kier alpha value is -3.46. The second kappa shape index (κ2) is 10.4. The van der Waals surface area contributed by atoms with Crippen molar-refractivity contribution in [2.24, 2.45) is 10.9 Å². The van der Waals surface area contributed by atoms with Crippen molar-refractivity contribution in [3.05, 3.63) is 114 Å². The Morgan fingerprint density at radius 3 is 1.70 bits per heavy atom. The normalized spacial score (nSPS) is 14.3. The summed E-state index contributed by atoms with van der Waals surface area (Å²) in [4.78, 5) is 18.7. The molecular formula is C30H33NO2. The van der Waals surface area contributed by atoms with E-state index in [2.05, 4.69) is 0 Å². The van der Waals surface area contributed by atoms with Crippen LogP contribution in [0.4, 0.5) is 0 Å². The maximum Gasteiger partial charge on any atom is 0.334 e. The van der Waals surface area contributed by atoms with Crippen LogP contribution in [-0.4, -0.2) is 22.8 Å². The van der Waals surface area contributed by atoms with Gasteiger partial charge >= 0.3 is 5.97 Å². The molecule has 0 saturated carbocycles. The molecule has 0 aliphatic rings. The summed E-state index contributed by atoms with van der Waals surface area (Å²) >= 11 is 0. The predicted octanol–water partition coefficient (Wildman–Crippen LogP) is 6.97. The van der Waals surface area contributed by atoms with Crippen LogP contribution in [0.3, 0.4) is 0 Å². The number of aliphatic imine (C=N–C) groups is 1. The fourth-order valence-electron chi connectivity index (χ4n) is 3.44. The van der Waals surface area contributed by atoms with Crippen molar-refractivity contribution in [2.45, 2.75) is 45.8 Å². The minimum Gasteiger partial charge on any atom is -0.458 e. The first-order valence-electron chi connectivity index (χ1n) is 11.4. The van der Waals surface area contributed by atoms with Crippen molar-refractivity contribution in [2.75, 3.05) is 0 Å². The highest BCUT2D eigenvalue weighted by Gasteiger charge is 2.41. The minimum absolute atomic E-state index is 0.213. The molecule has 33 heavy (non-hydrogen) atoms. The largest absolute Gasteiger partial charge is 0.458 e. The van der Waals surface area contributed by atoms with Crippen LogP contribution in [0.2, 0.25) is 0 Å². The summed E-state index contributed by atoms with van der Waals surface area (Å²) in [5.41, 5.74) is 2.02. The molecule has 2 atom stereocenters. The molecule has 0 saturated heterocycles. The Morgan fingerprint density at radius 2 is 1.24 bits per heavy atom. The highest BCUT2D eigenvalue weighted by atomic mass is 16.6. The second-order valence-corrected chi connectivity index (χ2v) is 9.40. The van der Waals surface area contributed by atoms with E-state index in [1.54, 1.807) is 0 Å². The Balaban J connectivity index is 2.12. The molecule has 3 rings (SSSR count). The summed E-state index contributed by atoms with van der Waals surface area (Å²) in [6.07, 6.45) is 4.07. The molecule has 0 aromatic heterocycles. The number of hydrogen-bond donors (Lipinski definition) is 0. The zero-order valence-corrected chi connectivity index (χ0v) is 20.2. The van der Waals surface area contributed by atoms with E-state index < -0.39 is 11.1 Å². The van der Waals surface area contributed by atoms with Gasteiger partial charge in [-0.1, -0.05) is 110 Å². The third-order valence-corrected chi connectivity index (χ3v) is 5.51. The SMILES string of the molecule is C[C@H](/C=C/c1ccccc1)[C@](C)(N=C(c1ccccc1)c1ccccc1)C(=O)OC(C)(C)C. The van der Waals surface area contributed by atoms with E-state index in [0.29, 0.717) is 0 Å². The number of ether oxygens (including phenoxy) is 1. The number of nitrogens with zero attached hydrogens (tertiary/aromatic N) is 1. The summed E-state index contributed by atoms with van der Waals surface area (Å²) in [7, 11) is 0. The van der Waals surface area contributed by atoms with Crippen LogP contribution in [0.5, 0.6) is 0 Å². The van der Waals surface area contributed by atoms with Gasteiger partial charge in [-0.15, -0.1) is 0 Å². The Bertz CT molecular complexity index is 1050. The molecule has 0 unspecified atom stereocenters. The van der Waals surface area contributed by atoms with Gasteiger partial charge in [0, 0.05) is 17.0 Å². The molecule has 0 N–H and O–H groups in total. The van der Waals surface area contributed by atoms with E-state index >= 15 is 0 Å². The van der Waals surface area contributed by atoms with Gasteiger partial charge in [0.15, 0.2) is 5.54 Å². The predicted molar refractivity (Wildman–Crippen MR) is 137 cm³/mol. The molecule has 0 spiro atoms. The van der Waals surface area contributed by atoms with E-state index in [4.69, 9.17) is 9.73 Å². The molecule has 170 valence electrons. The zero-order valence-electron chi connectivity index (χ0n) is 20.2. The highest BCUT2D eigenvalue weighted by Crippen LogP contribution is 2.30. The van der Waals surface area contributed by atoms with Crippen LogP contribution < -0.4 is 0 Å².